The predicted molar refractivity (Wildman–Crippen MR) is 84.0 cm³/mol. The summed E-state index contributed by atoms with van der Waals surface area (Å²) in [4.78, 5) is 14.1. The molecule has 5 nitrogen and oxygen atoms in total. The van der Waals surface area contributed by atoms with Gasteiger partial charge in [0.25, 0.3) is 0 Å². The summed E-state index contributed by atoms with van der Waals surface area (Å²) in [6.07, 6.45) is 1.88. The van der Waals surface area contributed by atoms with Gasteiger partial charge in [-0.05, 0) is 18.9 Å². The molecular formula is C17H21N3O2. The van der Waals surface area contributed by atoms with Gasteiger partial charge in [-0.1, -0.05) is 30.3 Å². The summed E-state index contributed by atoms with van der Waals surface area (Å²) in [7, 11) is 1.83. The number of amides is 1. The number of hydrogen-bond acceptors (Lipinski definition) is 3. The highest BCUT2D eigenvalue weighted by Crippen LogP contribution is 2.19. The largest absolute Gasteiger partial charge is 0.381 e. The van der Waals surface area contributed by atoms with Crippen LogP contribution in [0, 0.1) is 5.92 Å². The summed E-state index contributed by atoms with van der Waals surface area (Å²) in [5.41, 5.74) is 2.91. The zero-order valence-electron chi connectivity index (χ0n) is 12.8. The lowest BCUT2D eigenvalue weighted by atomic mass is 10.0. The van der Waals surface area contributed by atoms with Gasteiger partial charge in [-0.2, -0.15) is 5.10 Å². The second kappa shape index (κ2) is 6.75. The minimum absolute atomic E-state index is 0.00438. The van der Waals surface area contributed by atoms with Gasteiger partial charge < -0.3 is 9.64 Å². The first kappa shape index (κ1) is 14.8. The summed E-state index contributed by atoms with van der Waals surface area (Å²) in [6, 6.07) is 12.0. The van der Waals surface area contributed by atoms with Crippen molar-refractivity contribution in [1.29, 1.82) is 0 Å². The van der Waals surface area contributed by atoms with E-state index in [4.69, 9.17) is 4.74 Å². The molecule has 0 spiro atoms. The van der Waals surface area contributed by atoms with E-state index in [1.54, 1.807) is 4.90 Å². The number of aromatic nitrogens is 2. The van der Waals surface area contributed by atoms with Crippen LogP contribution in [0.2, 0.25) is 0 Å². The number of aromatic amines is 1. The Kier molecular flexibility index (Phi) is 4.53. The lowest BCUT2D eigenvalue weighted by molar-refractivity contribution is -0.138. The molecular weight excluding hydrogens is 278 g/mol. The Morgan fingerprint density at radius 1 is 1.41 bits per heavy atom. The molecule has 1 aromatic carbocycles. The van der Waals surface area contributed by atoms with E-state index in [1.165, 1.54) is 0 Å². The number of H-pyrrole nitrogens is 1. The van der Waals surface area contributed by atoms with Crippen LogP contribution in [-0.2, 0) is 16.1 Å². The Bertz CT molecular complexity index is 618. The molecule has 0 bridgehead atoms. The number of carbonyl (C=O) groups is 1. The van der Waals surface area contributed by atoms with Crippen molar-refractivity contribution < 1.29 is 9.53 Å². The molecule has 3 rings (SSSR count). The first-order valence-corrected chi connectivity index (χ1v) is 7.66. The molecule has 0 saturated carbocycles. The highest BCUT2D eigenvalue weighted by molar-refractivity contribution is 5.78. The fourth-order valence-electron chi connectivity index (χ4n) is 2.78. The predicted octanol–water partition coefficient (Wildman–Crippen LogP) is 2.46. The van der Waals surface area contributed by atoms with Crippen molar-refractivity contribution in [2.24, 2.45) is 5.92 Å². The number of nitrogens with one attached hydrogen (secondary N) is 1. The quantitative estimate of drug-likeness (QED) is 0.943. The molecule has 1 saturated heterocycles. The molecule has 0 aliphatic carbocycles. The molecule has 116 valence electrons. The van der Waals surface area contributed by atoms with Crippen LogP contribution in [0.1, 0.15) is 18.5 Å². The zero-order valence-corrected chi connectivity index (χ0v) is 12.8. The average molecular weight is 299 g/mol. The van der Waals surface area contributed by atoms with Gasteiger partial charge >= 0.3 is 0 Å². The van der Waals surface area contributed by atoms with Crippen LogP contribution in [0.4, 0.5) is 0 Å². The number of hydrogen-bond donors (Lipinski definition) is 1. The van der Waals surface area contributed by atoms with E-state index in [9.17, 15) is 4.79 Å². The maximum Gasteiger partial charge on any atom is 0.228 e. The fourth-order valence-corrected chi connectivity index (χ4v) is 2.78. The summed E-state index contributed by atoms with van der Waals surface area (Å²) < 4.78 is 5.40. The molecule has 1 N–H and O–H groups in total. The van der Waals surface area contributed by atoms with Gasteiger partial charge in [0.05, 0.1) is 30.5 Å². The maximum absolute atomic E-state index is 12.4. The molecule has 2 heterocycles. The van der Waals surface area contributed by atoms with Crippen LogP contribution >= 0.6 is 0 Å². The van der Waals surface area contributed by atoms with Gasteiger partial charge in [0.15, 0.2) is 0 Å². The van der Waals surface area contributed by atoms with Crippen molar-refractivity contribution >= 4 is 5.91 Å². The molecule has 1 fully saturated rings. The molecule has 5 heteroatoms. The van der Waals surface area contributed by atoms with E-state index < -0.39 is 0 Å². The Morgan fingerprint density at radius 3 is 2.95 bits per heavy atom. The highest BCUT2D eigenvalue weighted by atomic mass is 16.5. The lowest BCUT2D eigenvalue weighted by Crippen LogP contribution is -2.36. The normalized spacial score (nSPS) is 18.1. The van der Waals surface area contributed by atoms with Crippen LogP contribution < -0.4 is 0 Å². The smallest absolute Gasteiger partial charge is 0.228 e. The van der Waals surface area contributed by atoms with Gasteiger partial charge in [-0.3, -0.25) is 9.89 Å². The lowest BCUT2D eigenvalue weighted by Gasteiger charge is -2.26. The molecule has 0 radical (unpaired) electrons. The molecule has 1 aromatic heterocycles. The van der Waals surface area contributed by atoms with E-state index in [0.717, 1.165) is 36.4 Å². The number of rotatable bonds is 4. The molecule has 1 atom stereocenters. The van der Waals surface area contributed by atoms with Gasteiger partial charge in [0, 0.05) is 19.2 Å². The van der Waals surface area contributed by atoms with Crippen LogP contribution in [0.5, 0.6) is 0 Å². The number of ether oxygens (including phenoxy) is 1. The first-order chi connectivity index (χ1) is 10.7. The van der Waals surface area contributed by atoms with Crippen molar-refractivity contribution in [3.05, 3.63) is 42.1 Å². The SMILES string of the molecule is CN(Cc1cc(-c2ccccc2)n[nH]1)C(=O)C1CCCOC1. The molecule has 1 aliphatic rings. The van der Waals surface area contributed by atoms with E-state index in [-0.39, 0.29) is 11.8 Å². The van der Waals surface area contributed by atoms with Gasteiger partial charge in [-0.15, -0.1) is 0 Å². The molecule has 2 aromatic rings. The third-order valence-corrected chi connectivity index (χ3v) is 3.99. The third-order valence-electron chi connectivity index (χ3n) is 3.99. The van der Waals surface area contributed by atoms with Crippen LogP contribution in [0.25, 0.3) is 11.3 Å². The summed E-state index contributed by atoms with van der Waals surface area (Å²) in [5, 5.41) is 7.34. The second-order valence-corrected chi connectivity index (χ2v) is 5.75. The van der Waals surface area contributed by atoms with Crippen LogP contribution in [0.3, 0.4) is 0 Å². The topological polar surface area (TPSA) is 58.2 Å². The Balaban J connectivity index is 1.63. The minimum atomic E-state index is -0.00438. The molecule has 1 aliphatic heterocycles. The summed E-state index contributed by atoms with van der Waals surface area (Å²) in [6.45, 7) is 1.85. The number of benzene rings is 1. The molecule has 1 unspecified atom stereocenters. The monoisotopic (exact) mass is 299 g/mol. The minimum Gasteiger partial charge on any atom is -0.381 e. The van der Waals surface area contributed by atoms with Gasteiger partial charge in [0.1, 0.15) is 0 Å². The van der Waals surface area contributed by atoms with Gasteiger partial charge in [-0.25, -0.2) is 0 Å². The van der Waals surface area contributed by atoms with E-state index >= 15 is 0 Å². The number of carbonyl (C=O) groups excluding carboxylic acids is 1. The third kappa shape index (κ3) is 3.36. The Hall–Kier alpha value is -2.14. The fraction of sp³-hybridized carbons (Fsp3) is 0.412. The van der Waals surface area contributed by atoms with Crippen molar-refractivity contribution in [2.75, 3.05) is 20.3 Å². The van der Waals surface area contributed by atoms with Crippen molar-refractivity contribution in [2.45, 2.75) is 19.4 Å². The van der Waals surface area contributed by atoms with E-state index in [2.05, 4.69) is 10.2 Å². The van der Waals surface area contributed by atoms with E-state index in [1.807, 2.05) is 43.4 Å². The highest BCUT2D eigenvalue weighted by Gasteiger charge is 2.25. The first-order valence-electron chi connectivity index (χ1n) is 7.66. The number of nitrogens with zero attached hydrogens (tertiary/aromatic N) is 2. The second-order valence-electron chi connectivity index (χ2n) is 5.75. The molecule has 22 heavy (non-hydrogen) atoms. The maximum atomic E-state index is 12.4. The van der Waals surface area contributed by atoms with Crippen molar-refractivity contribution in [1.82, 2.24) is 15.1 Å². The van der Waals surface area contributed by atoms with E-state index in [0.29, 0.717) is 13.2 Å². The van der Waals surface area contributed by atoms with Crippen molar-refractivity contribution in [3.8, 4) is 11.3 Å². The molecule has 1 amide bonds. The van der Waals surface area contributed by atoms with Crippen LogP contribution in [-0.4, -0.2) is 41.3 Å². The summed E-state index contributed by atoms with van der Waals surface area (Å²) in [5.74, 6) is 0.144. The van der Waals surface area contributed by atoms with Gasteiger partial charge in [0.2, 0.25) is 5.91 Å². The summed E-state index contributed by atoms with van der Waals surface area (Å²) >= 11 is 0. The van der Waals surface area contributed by atoms with Crippen molar-refractivity contribution in [3.63, 3.8) is 0 Å². The average Bonchev–Trinajstić information content (AvgIpc) is 3.04. The van der Waals surface area contributed by atoms with Crippen LogP contribution in [0.15, 0.2) is 36.4 Å². The standard InChI is InChI=1S/C17H21N3O2/c1-20(17(21)14-8-5-9-22-12-14)11-15-10-16(19-18-15)13-6-3-2-4-7-13/h2-4,6-7,10,14H,5,8-9,11-12H2,1H3,(H,18,19). The Labute approximate surface area is 130 Å². The zero-order chi connectivity index (χ0) is 15.4. The Morgan fingerprint density at radius 2 is 2.23 bits per heavy atom.